The van der Waals surface area contributed by atoms with Gasteiger partial charge in [-0.1, -0.05) is 18.2 Å². The van der Waals surface area contributed by atoms with Crippen molar-refractivity contribution in [2.24, 2.45) is 0 Å². The second kappa shape index (κ2) is 7.59. The molecule has 132 valence electrons. The van der Waals surface area contributed by atoms with Crippen molar-refractivity contribution in [3.8, 4) is 5.75 Å². The van der Waals surface area contributed by atoms with Crippen molar-refractivity contribution < 1.29 is 18.3 Å². The van der Waals surface area contributed by atoms with Crippen LogP contribution < -0.4 is 4.74 Å². The molecule has 1 aliphatic rings. The van der Waals surface area contributed by atoms with Crippen molar-refractivity contribution in [1.29, 1.82) is 0 Å². The highest BCUT2D eigenvalue weighted by Gasteiger charge is 2.36. The molecule has 25 heavy (non-hydrogen) atoms. The monoisotopic (exact) mass is 346 g/mol. The van der Waals surface area contributed by atoms with Crippen LogP contribution in [-0.4, -0.2) is 28.4 Å². The maximum atomic E-state index is 12.9. The number of carbonyl (C=O) groups excluding carboxylic acids is 1. The smallest absolute Gasteiger partial charge is 0.387 e. The molecule has 2 aromatic rings. The summed E-state index contributed by atoms with van der Waals surface area (Å²) >= 11 is 0. The molecule has 1 aliphatic carbocycles. The molecule has 0 saturated heterocycles. The minimum atomic E-state index is -2.88. The molecule has 4 nitrogen and oxygen atoms in total. The molecule has 0 bridgehead atoms. The molecule has 3 rings (SSSR count). The van der Waals surface area contributed by atoms with Crippen molar-refractivity contribution in [3.63, 3.8) is 0 Å². The van der Waals surface area contributed by atoms with E-state index in [1.165, 1.54) is 12.1 Å². The van der Waals surface area contributed by atoms with Crippen LogP contribution in [0.3, 0.4) is 0 Å². The molecule has 0 spiro atoms. The molecule has 0 N–H and O–H groups in total. The van der Waals surface area contributed by atoms with Gasteiger partial charge >= 0.3 is 6.61 Å². The van der Waals surface area contributed by atoms with E-state index < -0.39 is 6.61 Å². The van der Waals surface area contributed by atoms with Gasteiger partial charge in [0, 0.05) is 12.2 Å². The number of amides is 1. The Morgan fingerprint density at radius 2 is 2.08 bits per heavy atom. The summed E-state index contributed by atoms with van der Waals surface area (Å²) in [4.78, 5) is 19.1. The lowest BCUT2D eigenvalue weighted by Gasteiger charge is -2.29. The van der Waals surface area contributed by atoms with E-state index in [9.17, 15) is 13.6 Å². The summed E-state index contributed by atoms with van der Waals surface area (Å²) in [5.41, 5.74) is 1.50. The number of aromatic nitrogens is 1. The van der Waals surface area contributed by atoms with Crippen LogP contribution in [-0.2, 0) is 11.2 Å². The molecule has 1 atom stereocenters. The number of ether oxygens (including phenoxy) is 1. The Hall–Kier alpha value is -2.50. The Kier molecular flexibility index (Phi) is 5.26. The zero-order valence-electron chi connectivity index (χ0n) is 13.9. The zero-order chi connectivity index (χ0) is 17.8. The van der Waals surface area contributed by atoms with E-state index in [0.717, 1.165) is 18.5 Å². The van der Waals surface area contributed by atoms with Crippen molar-refractivity contribution in [1.82, 2.24) is 9.88 Å². The van der Waals surface area contributed by atoms with Crippen LogP contribution >= 0.6 is 0 Å². The van der Waals surface area contributed by atoms with Crippen LogP contribution in [0.15, 0.2) is 48.7 Å². The number of rotatable bonds is 7. The highest BCUT2D eigenvalue weighted by Crippen LogP contribution is 2.34. The lowest BCUT2D eigenvalue weighted by molar-refractivity contribution is -0.133. The van der Waals surface area contributed by atoms with E-state index in [0.29, 0.717) is 5.56 Å². The third kappa shape index (κ3) is 4.53. The van der Waals surface area contributed by atoms with Gasteiger partial charge in [0.1, 0.15) is 5.75 Å². The SMILES string of the molecule is C[C@@H](c1ccccn1)N(C(=O)Cc1cccc(OC(F)F)c1)C1CC1. The van der Waals surface area contributed by atoms with Gasteiger partial charge in [-0.2, -0.15) is 8.78 Å². The summed E-state index contributed by atoms with van der Waals surface area (Å²) in [6.07, 6.45) is 3.83. The van der Waals surface area contributed by atoms with Gasteiger partial charge in [0.05, 0.1) is 18.2 Å². The van der Waals surface area contributed by atoms with E-state index in [4.69, 9.17) is 0 Å². The molecule has 1 aromatic carbocycles. The summed E-state index contributed by atoms with van der Waals surface area (Å²) in [5, 5.41) is 0. The van der Waals surface area contributed by atoms with Gasteiger partial charge in [-0.3, -0.25) is 9.78 Å². The predicted octanol–water partition coefficient (Wildman–Crippen LogP) is 3.98. The quantitative estimate of drug-likeness (QED) is 0.762. The van der Waals surface area contributed by atoms with Gasteiger partial charge in [-0.05, 0) is 49.6 Å². The number of hydrogen-bond donors (Lipinski definition) is 0. The first kappa shape index (κ1) is 17.3. The minimum Gasteiger partial charge on any atom is -0.435 e. The molecular formula is C19H20F2N2O2. The third-order valence-electron chi connectivity index (χ3n) is 4.24. The fourth-order valence-electron chi connectivity index (χ4n) is 2.95. The van der Waals surface area contributed by atoms with E-state index in [-0.39, 0.29) is 30.2 Å². The summed E-state index contributed by atoms with van der Waals surface area (Å²) < 4.78 is 29.1. The average molecular weight is 346 g/mol. The highest BCUT2D eigenvalue weighted by molar-refractivity contribution is 5.80. The fourth-order valence-corrected chi connectivity index (χ4v) is 2.95. The van der Waals surface area contributed by atoms with Crippen molar-refractivity contribution in [3.05, 3.63) is 59.9 Å². The van der Waals surface area contributed by atoms with Gasteiger partial charge < -0.3 is 9.64 Å². The first-order chi connectivity index (χ1) is 12.0. The van der Waals surface area contributed by atoms with Gasteiger partial charge in [-0.25, -0.2) is 0 Å². The van der Waals surface area contributed by atoms with Crippen LogP contribution in [0.4, 0.5) is 8.78 Å². The lowest BCUT2D eigenvalue weighted by atomic mass is 10.1. The molecule has 1 heterocycles. The Morgan fingerprint density at radius 3 is 2.72 bits per heavy atom. The van der Waals surface area contributed by atoms with E-state index >= 15 is 0 Å². The van der Waals surface area contributed by atoms with Crippen LogP contribution in [0.25, 0.3) is 0 Å². The summed E-state index contributed by atoms with van der Waals surface area (Å²) in [5.74, 6) is 0.0332. The number of halogens is 2. The molecule has 1 fully saturated rings. The number of benzene rings is 1. The Labute approximate surface area is 145 Å². The maximum absolute atomic E-state index is 12.9. The standard InChI is InChI=1S/C19H20F2N2O2/c1-13(17-7-2-3-10-22-17)23(15-8-9-15)18(24)12-14-5-4-6-16(11-14)25-19(20)21/h2-7,10-11,13,15,19H,8-9,12H2,1H3/t13-/m0/s1. The molecule has 6 heteroatoms. The third-order valence-corrected chi connectivity index (χ3v) is 4.24. The van der Waals surface area contributed by atoms with Crippen LogP contribution in [0.2, 0.25) is 0 Å². The average Bonchev–Trinajstić information content (AvgIpc) is 3.40. The normalized spacial score (nSPS) is 15.0. The molecule has 0 aliphatic heterocycles. The Morgan fingerprint density at radius 1 is 1.28 bits per heavy atom. The molecule has 0 radical (unpaired) electrons. The molecule has 0 unspecified atom stereocenters. The summed E-state index contributed by atoms with van der Waals surface area (Å²) in [7, 11) is 0. The van der Waals surface area contributed by atoms with Crippen LogP contribution in [0.1, 0.15) is 37.1 Å². The summed E-state index contributed by atoms with van der Waals surface area (Å²) in [6, 6.07) is 12.1. The van der Waals surface area contributed by atoms with Crippen molar-refractivity contribution in [2.45, 2.75) is 44.9 Å². The first-order valence-corrected chi connectivity index (χ1v) is 8.30. The highest BCUT2D eigenvalue weighted by atomic mass is 19.3. The Bertz CT molecular complexity index is 720. The maximum Gasteiger partial charge on any atom is 0.387 e. The number of hydrogen-bond acceptors (Lipinski definition) is 3. The molecule has 1 aromatic heterocycles. The van der Waals surface area contributed by atoms with E-state index in [1.807, 2.05) is 30.0 Å². The van der Waals surface area contributed by atoms with Gasteiger partial charge in [0.15, 0.2) is 0 Å². The topological polar surface area (TPSA) is 42.4 Å². The minimum absolute atomic E-state index is 0.0325. The van der Waals surface area contributed by atoms with Crippen LogP contribution in [0, 0.1) is 0 Å². The first-order valence-electron chi connectivity index (χ1n) is 8.30. The number of pyridine rings is 1. The fraction of sp³-hybridized carbons (Fsp3) is 0.368. The van der Waals surface area contributed by atoms with Crippen LogP contribution in [0.5, 0.6) is 5.75 Å². The Balaban J connectivity index is 1.74. The second-order valence-corrected chi connectivity index (χ2v) is 6.17. The predicted molar refractivity (Wildman–Crippen MR) is 89.3 cm³/mol. The molecule has 1 saturated carbocycles. The van der Waals surface area contributed by atoms with Crippen molar-refractivity contribution >= 4 is 5.91 Å². The molecular weight excluding hydrogens is 326 g/mol. The number of alkyl halides is 2. The number of nitrogens with zero attached hydrogens (tertiary/aromatic N) is 2. The lowest BCUT2D eigenvalue weighted by Crippen LogP contribution is -2.37. The largest absolute Gasteiger partial charge is 0.435 e. The zero-order valence-corrected chi connectivity index (χ0v) is 13.9. The van der Waals surface area contributed by atoms with E-state index in [1.54, 1.807) is 18.3 Å². The van der Waals surface area contributed by atoms with Gasteiger partial charge in [-0.15, -0.1) is 0 Å². The number of carbonyl (C=O) groups is 1. The molecule has 1 amide bonds. The summed E-state index contributed by atoms with van der Waals surface area (Å²) in [6.45, 7) is -0.910. The second-order valence-electron chi connectivity index (χ2n) is 6.17. The van der Waals surface area contributed by atoms with E-state index in [2.05, 4.69) is 9.72 Å². The van der Waals surface area contributed by atoms with Gasteiger partial charge in [0.25, 0.3) is 0 Å². The van der Waals surface area contributed by atoms with Gasteiger partial charge in [0.2, 0.25) is 5.91 Å². The van der Waals surface area contributed by atoms with Crippen molar-refractivity contribution in [2.75, 3.05) is 0 Å².